The van der Waals surface area contributed by atoms with Gasteiger partial charge in [-0.25, -0.2) is 0 Å². The number of aromatic nitrogens is 2. The Bertz CT molecular complexity index is 1160. The molecule has 2 aromatic carbocycles. The van der Waals surface area contributed by atoms with E-state index in [9.17, 15) is 14.7 Å². The fourth-order valence-corrected chi connectivity index (χ4v) is 4.24. The number of aryl methyl sites for hydroxylation is 1. The van der Waals surface area contributed by atoms with E-state index in [4.69, 9.17) is 23.2 Å². The predicted octanol–water partition coefficient (Wildman–Crippen LogP) is 4.78. The molecule has 1 saturated heterocycles. The van der Waals surface area contributed by atoms with Gasteiger partial charge in [0.15, 0.2) is 0 Å². The molecule has 1 aliphatic rings. The van der Waals surface area contributed by atoms with Crippen LogP contribution in [0.2, 0.25) is 10.0 Å². The van der Waals surface area contributed by atoms with Crippen molar-refractivity contribution in [2.24, 2.45) is 0 Å². The zero-order valence-electron chi connectivity index (χ0n) is 15.0. The third-order valence-corrected chi connectivity index (χ3v) is 5.90. The first kappa shape index (κ1) is 19.6. The van der Waals surface area contributed by atoms with E-state index >= 15 is 0 Å². The van der Waals surface area contributed by atoms with E-state index in [0.29, 0.717) is 15.6 Å². The maximum atomic E-state index is 13.0. The quantitative estimate of drug-likeness (QED) is 0.356. The van der Waals surface area contributed by atoms with Gasteiger partial charge < -0.3 is 5.11 Å². The fourth-order valence-electron chi connectivity index (χ4n) is 3.17. The Hall–Kier alpha value is -2.74. The lowest BCUT2D eigenvalue weighted by Gasteiger charge is -2.22. The standard InChI is InChI=1S/C20H13Cl2N3O3S/c1-10-23-24-20(29-10)25-16(11-6-8-12(21)9-7-11)15(18(27)19(25)28)17(26)13-4-2-3-5-14(13)22/h2-9,16,26H,1H3. The van der Waals surface area contributed by atoms with Crippen molar-refractivity contribution in [2.45, 2.75) is 13.0 Å². The molecular weight excluding hydrogens is 433 g/mol. The molecule has 1 amide bonds. The second kappa shape index (κ2) is 7.59. The van der Waals surface area contributed by atoms with Crippen molar-refractivity contribution in [3.63, 3.8) is 0 Å². The van der Waals surface area contributed by atoms with Crippen molar-refractivity contribution >= 4 is 57.1 Å². The van der Waals surface area contributed by atoms with Crippen LogP contribution in [0.15, 0.2) is 54.1 Å². The van der Waals surface area contributed by atoms with Crippen molar-refractivity contribution in [2.75, 3.05) is 4.90 Å². The summed E-state index contributed by atoms with van der Waals surface area (Å²) < 4.78 is 0. The summed E-state index contributed by atoms with van der Waals surface area (Å²) in [5, 5.41) is 20.6. The lowest BCUT2D eigenvalue weighted by molar-refractivity contribution is -0.132. The van der Waals surface area contributed by atoms with E-state index in [2.05, 4.69) is 10.2 Å². The second-order valence-corrected chi connectivity index (χ2v) is 8.31. The van der Waals surface area contributed by atoms with Crippen LogP contribution in [-0.4, -0.2) is 27.0 Å². The molecule has 1 unspecified atom stereocenters. The highest BCUT2D eigenvalue weighted by atomic mass is 35.5. The number of aliphatic hydroxyl groups excluding tert-OH is 1. The minimum absolute atomic E-state index is 0.0710. The molecule has 4 rings (SSSR count). The van der Waals surface area contributed by atoms with Gasteiger partial charge >= 0.3 is 5.91 Å². The van der Waals surface area contributed by atoms with Crippen LogP contribution in [0.25, 0.3) is 5.76 Å². The third-order valence-electron chi connectivity index (χ3n) is 4.48. The molecule has 1 aliphatic heterocycles. The number of anilines is 1. The zero-order chi connectivity index (χ0) is 20.7. The number of hydrogen-bond acceptors (Lipinski definition) is 6. The highest BCUT2D eigenvalue weighted by Crippen LogP contribution is 2.43. The van der Waals surface area contributed by atoms with Crippen LogP contribution >= 0.6 is 34.5 Å². The Balaban J connectivity index is 1.96. The Morgan fingerprint density at radius 1 is 1.07 bits per heavy atom. The Kier molecular flexibility index (Phi) is 5.12. The molecule has 9 heteroatoms. The molecule has 1 fully saturated rings. The first-order valence-corrected chi connectivity index (χ1v) is 10.1. The van der Waals surface area contributed by atoms with Gasteiger partial charge in [0.05, 0.1) is 16.6 Å². The van der Waals surface area contributed by atoms with Crippen LogP contribution in [0.3, 0.4) is 0 Å². The molecule has 1 aromatic heterocycles. The number of aliphatic hydroxyl groups is 1. The van der Waals surface area contributed by atoms with E-state index in [1.54, 1.807) is 55.5 Å². The zero-order valence-corrected chi connectivity index (χ0v) is 17.3. The maximum absolute atomic E-state index is 13.0. The van der Waals surface area contributed by atoms with E-state index in [1.807, 2.05) is 0 Å². The van der Waals surface area contributed by atoms with Gasteiger partial charge in [-0.1, -0.05) is 58.8 Å². The average molecular weight is 446 g/mol. The second-order valence-electron chi connectivity index (χ2n) is 6.30. The van der Waals surface area contributed by atoms with Crippen molar-refractivity contribution in [1.82, 2.24) is 10.2 Å². The molecule has 1 N–H and O–H groups in total. The average Bonchev–Trinajstić information content (AvgIpc) is 3.24. The van der Waals surface area contributed by atoms with Gasteiger partial charge in [0.2, 0.25) is 5.13 Å². The monoisotopic (exact) mass is 445 g/mol. The van der Waals surface area contributed by atoms with Crippen LogP contribution in [0.1, 0.15) is 22.2 Å². The van der Waals surface area contributed by atoms with Crippen LogP contribution < -0.4 is 4.90 Å². The number of nitrogens with zero attached hydrogens (tertiary/aromatic N) is 3. The van der Waals surface area contributed by atoms with Crippen LogP contribution in [-0.2, 0) is 9.59 Å². The molecule has 146 valence electrons. The van der Waals surface area contributed by atoms with Gasteiger partial charge in [-0.15, -0.1) is 10.2 Å². The minimum Gasteiger partial charge on any atom is -0.507 e. The summed E-state index contributed by atoms with van der Waals surface area (Å²) in [7, 11) is 0. The molecule has 0 aliphatic carbocycles. The Morgan fingerprint density at radius 3 is 2.38 bits per heavy atom. The molecule has 2 heterocycles. The van der Waals surface area contributed by atoms with Gasteiger partial charge in [-0.3, -0.25) is 14.5 Å². The molecule has 29 heavy (non-hydrogen) atoms. The SMILES string of the molecule is Cc1nnc(N2C(=O)C(=O)C(=C(O)c3ccccc3Cl)C2c2ccc(Cl)cc2)s1. The lowest BCUT2D eigenvalue weighted by atomic mass is 9.95. The van der Waals surface area contributed by atoms with E-state index in [1.165, 1.54) is 16.2 Å². The maximum Gasteiger partial charge on any atom is 0.301 e. The molecule has 3 aromatic rings. The molecular formula is C20H13Cl2N3O3S. The number of carbonyl (C=O) groups is 2. The van der Waals surface area contributed by atoms with Crippen molar-refractivity contribution in [1.29, 1.82) is 0 Å². The molecule has 0 radical (unpaired) electrons. The minimum atomic E-state index is -0.893. The summed E-state index contributed by atoms with van der Waals surface area (Å²) in [6.45, 7) is 1.75. The van der Waals surface area contributed by atoms with Gasteiger partial charge in [0, 0.05) is 10.6 Å². The number of benzene rings is 2. The summed E-state index contributed by atoms with van der Waals surface area (Å²) in [5.41, 5.74) is 0.785. The number of rotatable bonds is 3. The summed E-state index contributed by atoms with van der Waals surface area (Å²) in [5.74, 6) is -1.97. The number of Topliss-reactive ketones (excluding diaryl/α,β-unsaturated/α-hetero) is 1. The largest absolute Gasteiger partial charge is 0.507 e. The van der Waals surface area contributed by atoms with Crippen molar-refractivity contribution in [3.8, 4) is 0 Å². The third kappa shape index (κ3) is 3.42. The van der Waals surface area contributed by atoms with Gasteiger partial charge in [-0.05, 0) is 36.8 Å². The normalized spacial score (nSPS) is 18.4. The molecule has 0 saturated carbocycles. The fraction of sp³-hybridized carbons (Fsp3) is 0.100. The first-order valence-electron chi connectivity index (χ1n) is 8.50. The van der Waals surface area contributed by atoms with Crippen LogP contribution in [0.5, 0.6) is 0 Å². The molecule has 0 spiro atoms. The van der Waals surface area contributed by atoms with Gasteiger partial charge in [0.25, 0.3) is 5.78 Å². The van der Waals surface area contributed by atoms with Gasteiger partial charge in [0.1, 0.15) is 10.8 Å². The highest BCUT2D eigenvalue weighted by molar-refractivity contribution is 7.15. The number of ketones is 1. The van der Waals surface area contributed by atoms with Crippen LogP contribution in [0, 0.1) is 6.92 Å². The summed E-state index contributed by atoms with van der Waals surface area (Å²) in [4.78, 5) is 27.1. The van der Waals surface area contributed by atoms with Crippen LogP contribution in [0.4, 0.5) is 5.13 Å². The number of carbonyl (C=O) groups excluding carboxylic acids is 2. The van der Waals surface area contributed by atoms with E-state index in [-0.39, 0.29) is 27.0 Å². The number of hydrogen-bond donors (Lipinski definition) is 1. The van der Waals surface area contributed by atoms with E-state index < -0.39 is 17.7 Å². The topological polar surface area (TPSA) is 83.4 Å². The van der Waals surface area contributed by atoms with Gasteiger partial charge in [-0.2, -0.15) is 0 Å². The summed E-state index contributed by atoms with van der Waals surface area (Å²) in [6, 6.07) is 12.4. The molecule has 0 bridgehead atoms. The summed E-state index contributed by atoms with van der Waals surface area (Å²) >= 11 is 13.4. The highest BCUT2D eigenvalue weighted by Gasteiger charge is 2.48. The molecule has 1 atom stereocenters. The van der Waals surface area contributed by atoms with Crippen molar-refractivity contribution in [3.05, 3.63) is 80.3 Å². The first-order chi connectivity index (χ1) is 13.9. The lowest BCUT2D eigenvalue weighted by Crippen LogP contribution is -2.29. The smallest absolute Gasteiger partial charge is 0.301 e. The number of halogens is 2. The number of amides is 1. The van der Waals surface area contributed by atoms with Crippen molar-refractivity contribution < 1.29 is 14.7 Å². The Labute approximate surface area is 180 Å². The Morgan fingerprint density at radius 2 is 1.76 bits per heavy atom. The van der Waals surface area contributed by atoms with E-state index in [0.717, 1.165) is 0 Å². The molecule has 6 nitrogen and oxygen atoms in total. The summed E-state index contributed by atoms with van der Waals surface area (Å²) in [6.07, 6.45) is 0. The predicted molar refractivity (Wildman–Crippen MR) is 112 cm³/mol.